The molecule has 0 aliphatic rings. The lowest BCUT2D eigenvalue weighted by molar-refractivity contribution is 0.171. The molecule has 0 aliphatic heterocycles. The van der Waals surface area contributed by atoms with Gasteiger partial charge in [-0.1, -0.05) is 0 Å². The molecule has 1 rings (SSSR count). The van der Waals surface area contributed by atoms with Gasteiger partial charge >= 0.3 is 0 Å². The molecule has 1 aromatic rings. The van der Waals surface area contributed by atoms with Crippen LogP contribution in [0.4, 0.5) is 0 Å². The number of nitrogens with zero attached hydrogens (tertiary/aromatic N) is 2. The highest BCUT2D eigenvalue weighted by Crippen LogP contribution is 1.93. The van der Waals surface area contributed by atoms with Crippen molar-refractivity contribution in [1.29, 1.82) is 0 Å². The molecule has 0 radical (unpaired) electrons. The van der Waals surface area contributed by atoms with E-state index in [1.807, 2.05) is 24.0 Å². The van der Waals surface area contributed by atoms with Crippen LogP contribution in [0, 0.1) is 6.92 Å². The predicted molar refractivity (Wildman–Crippen MR) is 56.3 cm³/mol. The van der Waals surface area contributed by atoms with Gasteiger partial charge in [-0.3, -0.25) is 4.68 Å². The van der Waals surface area contributed by atoms with E-state index in [0.717, 1.165) is 19.7 Å². The number of methoxy groups -OCH3 is 1. The Bertz CT molecular complexity index is 260. The summed E-state index contributed by atoms with van der Waals surface area (Å²) < 4.78 is 6.97. The third-order valence-corrected chi connectivity index (χ3v) is 2.01. The molecule has 0 bridgehead atoms. The van der Waals surface area contributed by atoms with E-state index in [9.17, 15) is 0 Å². The van der Waals surface area contributed by atoms with E-state index in [1.54, 1.807) is 7.11 Å². The first-order valence-electron chi connectivity index (χ1n) is 4.93. The summed E-state index contributed by atoms with van der Waals surface area (Å²) in [5.74, 6) is 0. The van der Waals surface area contributed by atoms with Crippen LogP contribution >= 0.6 is 0 Å². The molecule has 0 aliphatic carbocycles. The minimum atomic E-state index is 0.400. The quantitative estimate of drug-likeness (QED) is 0.733. The summed E-state index contributed by atoms with van der Waals surface area (Å²) in [5.41, 5.74) is 1.20. The molecule has 0 amide bonds. The Hall–Kier alpha value is -0.870. The number of rotatable bonds is 6. The lowest BCUT2D eigenvalue weighted by Crippen LogP contribution is -2.32. The molecule has 0 saturated carbocycles. The Morgan fingerprint density at radius 1 is 1.64 bits per heavy atom. The smallest absolute Gasteiger partial charge is 0.0613 e. The Labute approximate surface area is 85.3 Å². The molecule has 4 nitrogen and oxygen atoms in total. The van der Waals surface area contributed by atoms with Crippen LogP contribution in [0.15, 0.2) is 12.4 Å². The molecule has 0 spiro atoms. The van der Waals surface area contributed by atoms with Gasteiger partial charge in [-0.25, -0.2) is 0 Å². The van der Waals surface area contributed by atoms with E-state index >= 15 is 0 Å². The fourth-order valence-electron chi connectivity index (χ4n) is 1.32. The van der Waals surface area contributed by atoms with E-state index in [2.05, 4.69) is 17.3 Å². The Balaban J connectivity index is 2.15. The lowest BCUT2D eigenvalue weighted by atomic mass is 10.3. The third-order valence-electron chi connectivity index (χ3n) is 2.01. The van der Waals surface area contributed by atoms with Crippen molar-refractivity contribution in [3.63, 3.8) is 0 Å². The first-order chi connectivity index (χ1) is 6.72. The zero-order chi connectivity index (χ0) is 10.4. The van der Waals surface area contributed by atoms with Crippen molar-refractivity contribution in [1.82, 2.24) is 15.1 Å². The van der Waals surface area contributed by atoms with Crippen LogP contribution in [0.1, 0.15) is 12.5 Å². The summed E-state index contributed by atoms with van der Waals surface area (Å²) in [6.45, 7) is 6.73. The van der Waals surface area contributed by atoms with Gasteiger partial charge < -0.3 is 10.1 Å². The second-order valence-electron chi connectivity index (χ2n) is 3.59. The van der Waals surface area contributed by atoms with Gasteiger partial charge in [-0.2, -0.15) is 5.10 Å². The van der Waals surface area contributed by atoms with E-state index in [1.165, 1.54) is 5.56 Å². The summed E-state index contributed by atoms with van der Waals surface area (Å²) in [6, 6.07) is 0.400. The van der Waals surface area contributed by atoms with Gasteiger partial charge in [-0.15, -0.1) is 0 Å². The summed E-state index contributed by atoms with van der Waals surface area (Å²) in [5, 5.41) is 7.56. The summed E-state index contributed by atoms with van der Waals surface area (Å²) in [7, 11) is 1.72. The van der Waals surface area contributed by atoms with Crippen LogP contribution in [0.3, 0.4) is 0 Å². The summed E-state index contributed by atoms with van der Waals surface area (Å²) in [6.07, 6.45) is 3.92. The van der Waals surface area contributed by atoms with Gasteiger partial charge in [-0.05, 0) is 19.4 Å². The minimum absolute atomic E-state index is 0.400. The molecule has 1 aromatic heterocycles. The summed E-state index contributed by atoms with van der Waals surface area (Å²) >= 11 is 0. The maximum atomic E-state index is 5.03. The van der Waals surface area contributed by atoms with Crippen molar-refractivity contribution in [3.8, 4) is 0 Å². The Morgan fingerprint density at radius 3 is 3.00 bits per heavy atom. The highest BCUT2D eigenvalue weighted by atomic mass is 16.5. The fraction of sp³-hybridized carbons (Fsp3) is 0.700. The maximum absolute atomic E-state index is 5.03. The van der Waals surface area contributed by atoms with Crippen molar-refractivity contribution in [2.75, 3.05) is 20.3 Å². The zero-order valence-corrected chi connectivity index (χ0v) is 9.16. The van der Waals surface area contributed by atoms with E-state index in [4.69, 9.17) is 4.74 Å². The molecule has 0 saturated heterocycles. The average molecular weight is 197 g/mol. The lowest BCUT2D eigenvalue weighted by Gasteiger charge is -2.12. The topological polar surface area (TPSA) is 39.1 Å². The molecule has 80 valence electrons. The molecule has 1 atom stereocenters. The molecule has 1 N–H and O–H groups in total. The molecule has 14 heavy (non-hydrogen) atoms. The van der Waals surface area contributed by atoms with Gasteiger partial charge in [0.05, 0.1) is 19.3 Å². The number of nitrogens with one attached hydrogen (secondary N) is 1. The van der Waals surface area contributed by atoms with Crippen LogP contribution < -0.4 is 5.32 Å². The monoisotopic (exact) mass is 197 g/mol. The summed E-state index contributed by atoms with van der Waals surface area (Å²) in [4.78, 5) is 0. The van der Waals surface area contributed by atoms with E-state index < -0.39 is 0 Å². The molecule has 0 fully saturated rings. The predicted octanol–water partition coefficient (Wildman–Crippen LogP) is 0.816. The van der Waals surface area contributed by atoms with Crippen molar-refractivity contribution >= 4 is 0 Å². The Morgan fingerprint density at radius 2 is 2.43 bits per heavy atom. The molecule has 0 aromatic carbocycles. The zero-order valence-electron chi connectivity index (χ0n) is 9.16. The first kappa shape index (κ1) is 11.2. The number of hydrogen-bond acceptors (Lipinski definition) is 3. The largest absolute Gasteiger partial charge is 0.383 e. The molecule has 1 unspecified atom stereocenters. The van der Waals surface area contributed by atoms with E-state index in [0.29, 0.717) is 6.04 Å². The van der Waals surface area contributed by atoms with Crippen LogP contribution in [-0.2, 0) is 11.3 Å². The van der Waals surface area contributed by atoms with Gasteiger partial charge in [0, 0.05) is 25.9 Å². The van der Waals surface area contributed by atoms with E-state index in [-0.39, 0.29) is 0 Å². The average Bonchev–Trinajstić information content (AvgIpc) is 2.52. The first-order valence-corrected chi connectivity index (χ1v) is 4.93. The number of ether oxygens (including phenoxy) is 1. The Kier molecular flexibility index (Phi) is 4.62. The normalized spacial score (nSPS) is 13.1. The molecule has 4 heteroatoms. The fourth-order valence-corrected chi connectivity index (χ4v) is 1.32. The highest BCUT2D eigenvalue weighted by molar-refractivity contribution is 4.99. The number of aryl methyl sites for hydroxylation is 1. The van der Waals surface area contributed by atoms with Crippen molar-refractivity contribution in [2.45, 2.75) is 26.4 Å². The molecular formula is C10H19N3O. The van der Waals surface area contributed by atoms with Gasteiger partial charge in [0.1, 0.15) is 0 Å². The van der Waals surface area contributed by atoms with Crippen molar-refractivity contribution in [2.24, 2.45) is 0 Å². The van der Waals surface area contributed by atoms with Crippen molar-refractivity contribution in [3.05, 3.63) is 18.0 Å². The minimum Gasteiger partial charge on any atom is -0.383 e. The van der Waals surface area contributed by atoms with Crippen LogP contribution in [0.25, 0.3) is 0 Å². The second kappa shape index (κ2) is 5.78. The van der Waals surface area contributed by atoms with Gasteiger partial charge in [0.2, 0.25) is 0 Å². The highest BCUT2D eigenvalue weighted by Gasteiger charge is 1.99. The van der Waals surface area contributed by atoms with Gasteiger partial charge in [0.25, 0.3) is 0 Å². The standard InChI is InChI=1S/C10H19N3O/c1-9-6-12-13(7-9)5-4-11-10(2)8-14-3/h6-7,10-11H,4-5,8H2,1-3H3. The van der Waals surface area contributed by atoms with Crippen molar-refractivity contribution < 1.29 is 4.74 Å². The number of hydrogen-bond donors (Lipinski definition) is 1. The third kappa shape index (κ3) is 3.89. The van der Waals surface area contributed by atoms with Crippen LogP contribution in [-0.4, -0.2) is 36.1 Å². The SMILES string of the molecule is COCC(C)NCCn1cc(C)cn1. The van der Waals surface area contributed by atoms with Gasteiger partial charge in [0.15, 0.2) is 0 Å². The molecular weight excluding hydrogens is 178 g/mol. The van der Waals surface area contributed by atoms with Crippen LogP contribution in [0.5, 0.6) is 0 Å². The molecule has 1 heterocycles. The number of aromatic nitrogens is 2. The van der Waals surface area contributed by atoms with Crippen LogP contribution in [0.2, 0.25) is 0 Å². The second-order valence-corrected chi connectivity index (χ2v) is 3.59. The maximum Gasteiger partial charge on any atom is 0.0613 e.